The Labute approximate surface area is 196 Å². The molecule has 1 saturated carbocycles. The molecule has 2 fully saturated rings. The number of halogens is 2. The molecular weight excluding hydrogens is 451 g/mol. The largest absolute Gasteiger partial charge is 0.299 e. The lowest BCUT2D eigenvalue weighted by molar-refractivity contribution is 0.122. The van der Waals surface area contributed by atoms with Crippen LogP contribution >= 0.6 is 23.2 Å². The van der Waals surface area contributed by atoms with E-state index in [0.717, 1.165) is 56.6 Å². The minimum absolute atomic E-state index is 0.0452. The van der Waals surface area contributed by atoms with Gasteiger partial charge in [-0.25, -0.2) is 13.1 Å². The summed E-state index contributed by atoms with van der Waals surface area (Å²) >= 11 is 12.2. The molecule has 0 amide bonds. The quantitative estimate of drug-likeness (QED) is 0.597. The molecule has 0 radical (unpaired) electrons. The van der Waals surface area contributed by atoms with Gasteiger partial charge in [0.1, 0.15) is 0 Å². The third-order valence-electron chi connectivity index (χ3n) is 6.85. The van der Waals surface area contributed by atoms with E-state index in [2.05, 4.69) is 21.8 Å². The molecule has 0 spiro atoms. The fourth-order valence-corrected chi connectivity index (χ4v) is 7.03. The summed E-state index contributed by atoms with van der Waals surface area (Å²) in [7, 11) is -3.60. The molecule has 1 aliphatic heterocycles. The van der Waals surface area contributed by atoms with Gasteiger partial charge in [0.2, 0.25) is 10.0 Å². The number of nitrogens with one attached hydrogen (secondary N) is 1. The van der Waals surface area contributed by atoms with E-state index in [0.29, 0.717) is 16.5 Å². The minimum Gasteiger partial charge on any atom is -0.299 e. The number of rotatable bonds is 6. The summed E-state index contributed by atoms with van der Waals surface area (Å²) in [6.45, 7) is 3.81. The van der Waals surface area contributed by atoms with Gasteiger partial charge in [0.25, 0.3) is 0 Å². The van der Waals surface area contributed by atoms with Gasteiger partial charge in [-0.15, -0.1) is 0 Å². The number of hydrogen-bond donors (Lipinski definition) is 1. The van der Waals surface area contributed by atoms with Gasteiger partial charge >= 0.3 is 0 Å². The highest BCUT2D eigenvalue weighted by molar-refractivity contribution is 7.89. The Hall–Kier alpha value is -1.11. The van der Waals surface area contributed by atoms with E-state index in [1.807, 2.05) is 12.1 Å². The Morgan fingerprint density at radius 1 is 1.00 bits per heavy atom. The lowest BCUT2D eigenvalue weighted by Gasteiger charge is -2.38. The molecule has 2 unspecified atom stereocenters. The van der Waals surface area contributed by atoms with E-state index >= 15 is 0 Å². The van der Waals surface area contributed by atoms with Gasteiger partial charge < -0.3 is 0 Å². The van der Waals surface area contributed by atoms with Gasteiger partial charge in [-0.3, -0.25) is 4.90 Å². The van der Waals surface area contributed by atoms with Crippen molar-refractivity contribution < 1.29 is 8.42 Å². The van der Waals surface area contributed by atoms with Gasteiger partial charge in [0, 0.05) is 22.1 Å². The molecule has 2 aromatic carbocycles. The summed E-state index contributed by atoms with van der Waals surface area (Å²) in [6.07, 6.45) is 6.35. The van der Waals surface area contributed by atoms with Crippen LogP contribution in [0.15, 0.2) is 47.4 Å². The summed E-state index contributed by atoms with van der Waals surface area (Å²) < 4.78 is 29.1. The molecule has 168 valence electrons. The van der Waals surface area contributed by atoms with Gasteiger partial charge in [0.05, 0.1) is 4.90 Å². The molecule has 2 aliphatic rings. The van der Waals surface area contributed by atoms with Crippen LogP contribution in [-0.4, -0.2) is 38.5 Å². The molecule has 1 N–H and O–H groups in total. The predicted octanol–water partition coefficient (Wildman–Crippen LogP) is 5.46. The second-order valence-electron chi connectivity index (χ2n) is 8.90. The second-order valence-corrected chi connectivity index (χ2v) is 11.4. The summed E-state index contributed by atoms with van der Waals surface area (Å²) in [5.74, 6) is 0.670. The lowest BCUT2D eigenvalue weighted by Crippen LogP contribution is -2.51. The highest BCUT2D eigenvalue weighted by Gasteiger charge is 2.36. The molecular formula is C24H30Cl2N2O2S. The van der Waals surface area contributed by atoms with E-state index in [9.17, 15) is 8.42 Å². The van der Waals surface area contributed by atoms with Crippen LogP contribution < -0.4 is 4.72 Å². The van der Waals surface area contributed by atoms with Crippen molar-refractivity contribution >= 4 is 33.2 Å². The number of nitrogens with zero attached hydrogens (tertiary/aromatic N) is 1. The number of piperidine rings is 1. The van der Waals surface area contributed by atoms with Crippen LogP contribution in [0.25, 0.3) is 0 Å². The van der Waals surface area contributed by atoms with Crippen LogP contribution in [0, 0.1) is 12.8 Å². The fraction of sp³-hybridized carbons (Fsp3) is 0.500. The number of likely N-dealkylation sites (tertiary alicyclic amines) is 1. The molecule has 2 atom stereocenters. The third kappa shape index (κ3) is 5.45. The molecule has 0 aromatic heterocycles. The molecule has 1 heterocycles. The van der Waals surface area contributed by atoms with Crippen molar-refractivity contribution in [1.29, 1.82) is 0 Å². The SMILES string of the molecule is Cc1c(Cl)cccc1S(=O)(=O)NC1CCCC1N1CCC(Cc2ccc(Cl)cc2)CC1. The average molecular weight is 481 g/mol. The van der Waals surface area contributed by atoms with Crippen molar-refractivity contribution in [3.63, 3.8) is 0 Å². The van der Waals surface area contributed by atoms with E-state index in [4.69, 9.17) is 23.2 Å². The van der Waals surface area contributed by atoms with Crippen molar-refractivity contribution in [2.45, 2.75) is 62.4 Å². The topological polar surface area (TPSA) is 49.4 Å². The molecule has 2 aromatic rings. The highest BCUT2D eigenvalue weighted by atomic mass is 35.5. The van der Waals surface area contributed by atoms with Crippen LogP contribution in [0.3, 0.4) is 0 Å². The second kappa shape index (κ2) is 9.80. The molecule has 4 rings (SSSR count). The summed E-state index contributed by atoms with van der Waals surface area (Å²) in [4.78, 5) is 2.79. The summed E-state index contributed by atoms with van der Waals surface area (Å²) in [5, 5.41) is 1.26. The standard InChI is InChI=1S/C24H30Cl2N2O2S/c1-17-21(26)4-2-7-24(17)31(29,30)27-22-5-3-6-23(22)28-14-12-19(13-15-28)16-18-8-10-20(25)11-9-18/h2,4,7-11,19,22-23,27H,3,5-6,12-16H2,1H3. The van der Waals surface area contributed by atoms with Crippen LogP contribution in [0.5, 0.6) is 0 Å². The monoisotopic (exact) mass is 480 g/mol. The average Bonchev–Trinajstić information content (AvgIpc) is 3.19. The Morgan fingerprint density at radius 3 is 2.42 bits per heavy atom. The first kappa shape index (κ1) is 23.1. The normalized spacial score (nSPS) is 23.3. The van der Waals surface area contributed by atoms with E-state index in [-0.39, 0.29) is 17.0 Å². The van der Waals surface area contributed by atoms with Crippen molar-refractivity contribution in [1.82, 2.24) is 9.62 Å². The smallest absolute Gasteiger partial charge is 0.241 e. The third-order valence-corrected chi connectivity index (χ3v) is 9.15. The zero-order chi connectivity index (χ0) is 22.0. The van der Waals surface area contributed by atoms with E-state index < -0.39 is 10.0 Å². The molecule has 1 saturated heterocycles. The summed E-state index contributed by atoms with van der Waals surface area (Å²) in [6, 6.07) is 13.4. The first-order valence-electron chi connectivity index (χ1n) is 11.1. The Bertz CT molecular complexity index is 1000. The van der Waals surface area contributed by atoms with Crippen molar-refractivity contribution in [3.05, 3.63) is 63.6 Å². The Morgan fingerprint density at radius 2 is 1.71 bits per heavy atom. The van der Waals surface area contributed by atoms with Gasteiger partial charge in [0.15, 0.2) is 0 Å². The number of hydrogen-bond acceptors (Lipinski definition) is 3. The van der Waals surface area contributed by atoms with Crippen LogP contribution in [-0.2, 0) is 16.4 Å². The van der Waals surface area contributed by atoms with Crippen LogP contribution in [0.4, 0.5) is 0 Å². The first-order valence-corrected chi connectivity index (χ1v) is 13.3. The maximum Gasteiger partial charge on any atom is 0.241 e. The zero-order valence-electron chi connectivity index (χ0n) is 17.9. The van der Waals surface area contributed by atoms with Gasteiger partial charge in [-0.2, -0.15) is 0 Å². The highest BCUT2D eigenvalue weighted by Crippen LogP contribution is 2.31. The predicted molar refractivity (Wildman–Crippen MR) is 127 cm³/mol. The van der Waals surface area contributed by atoms with Crippen molar-refractivity contribution in [2.24, 2.45) is 5.92 Å². The van der Waals surface area contributed by atoms with Gasteiger partial charge in [-0.1, -0.05) is 47.8 Å². The van der Waals surface area contributed by atoms with Crippen molar-refractivity contribution in [2.75, 3.05) is 13.1 Å². The molecule has 0 bridgehead atoms. The zero-order valence-corrected chi connectivity index (χ0v) is 20.2. The number of sulfonamides is 1. The summed E-state index contributed by atoms with van der Waals surface area (Å²) in [5.41, 5.74) is 1.94. The van der Waals surface area contributed by atoms with Crippen molar-refractivity contribution in [3.8, 4) is 0 Å². The first-order chi connectivity index (χ1) is 14.8. The van der Waals surface area contributed by atoms with Gasteiger partial charge in [-0.05, 0) is 93.4 Å². The van der Waals surface area contributed by atoms with Crippen LogP contribution in [0.2, 0.25) is 10.0 Å². The molecule has 4 nitrogen and oxygen atoms in total. The fourth-order valence-electron chi connectivity index (χ4n) is 5.10. The van der Waals surface area contributed by atoms with E-state index in [1.54, 1.807) is 25.1 Å². The molecule has 31 heavy (non-hydrogen) atoms. The molecule has 1 aliphatic carbocycles. The van der Waals surface area contributed by atoms with Crippen LogP contribution in [0.1, 0.15) is 43.2 Å². The Balaban J connectivity index is 1.37. The van der Waals surface area contributed by atoms with E-state index in [1.165, 1.54) is 5.56 Å². The Kier molecular flexibility index (Phi) is 7.29. The maximum atomic E-state index is 13.1. The lowest BCUT2D eigenvalue weighted by atomic mass is 9.89. The molecule has 7 heteroatoms. The number of benzene rings is 2. The maximum absolute atomic E-state index is 13.1. The minimum atomic E-state index is -3.60.